The number of ketones is 1. The van der Waals surface area contributed by atoms with Gasteiger partial charge in [-0.15, -0.1) is 15.3 Å². The fourth-order valence-corrected chi connectivity index (χ4v) is 1.69. The molecule has 0 unspecified atom stereocenters. The number of anilines is 1. The van der Waals surface area contributed by atoms with Crippen molar-refractivity contribution in [3.05, 3.63) is 18.0 Å². The highest BCUT2D eigenvalue weighted by atomic mass is 16.1. The van der Waals surface area contributed by atoms with Crippen molar-refractivity contribution >= 4 is 17.2 Å². The Morgan fingerprint density at radius 2 is 2.16 bits per heavy atom. The van der Waals surface area contributed by atoms with E-state index in [1.54, 1.807) is 11.4 Å². The van der Waals surface area contributed by atoms with Crippen LogP contribution in [0.2, 0.25) is 0 Å². The molecule has 2 aromatic rings. The Balaban J connectivity index is 2.14. The van der Waals surface area contributed by atoms with E-state index in [1.165, 1.54) is 0 Å². The first-order valence-electron chi connectivity index (χ1n) is 6.30. The Hall–Kier alpha value is -2.02. The van der Waals surface area contributed by atoms with Gasteiger partial charge in [0.1, 0.15) is 11.6 Å². The van der Waals surface area contributed by atoms with Gasteiger partial charge in [0, 0.05) is 25.9 Å². The van der Waals surface area contributed by atoms with Crippen molar-refractivity contribution < 1.29 is 4.79 Å². The highest BCUT2D eigenvalue weighted by Crippen LogP contribution is 2.08. The van der Waals surface area contributed by atoms with Crippen LogP contribution in [0.3, 0.4) is 0 Å². The molecule has 0 aliphatic rings. The zero-order valence-corrected chi connectivity index (χ0v) is 11.2. The molecule has 0 bridgehead atoms. The third-order valence-electron chi connectivity index (χ3n) is 2.71. The fraction of sp³-hybridized carbons (Fsp3) is 0.500. The number of aryl methyl sites for hydroxylation is 1. The molecule has 0 saturated carbocycles. The first-order chi connectivity index (χ1) is 9.20. The van der Waals surface area contributed by atoms with Gasteiger partial charge in [0.2, 0.25) is 0 Å². The van der Waals surface area contributed by atoms with Crippen LogP contribution in [0, 0.1) is 0 Å². The summed E-state index contributed by atoms with van der Waals surface area (Å²) < 4.78 is 1.69. The molecule has 2 heterocycles. The molecule has 7 nitrogen and oxygen atoms in total. The van der Waals surface area contributed by atoms with Crippen LogP contribution in [-0.2, 0) is 11.2 Å². The summed E-state index contributed by atoms with van der Waals surface area (Å²) in [4.78, 5) is 11.0. The average Bonchev–Trinajstić information content (AvgIpc) is 2.79. The summed E-state index contributed by atoms with van der Waals surface area (Å²) in [6, 6.07) is 3.73. The second-order valence-corrected chi connectivity index (χ2v) is 4.34. The van der Waals surface area contributed by atoms with Crippen LogP contribution in [0.5, 0.6) is 0 Å². The number of hydrogen-bond donors (Lipinski definition) is 2. The summed E-state index contributed by atoms with van der Waals surface area (Å²) in [6.07, 6.45) is 1.02. The summed E-state index contributed by atoms with van der Waals surface area (Å²) >= 11 is 0. The Labute approximate surface area is 111 Å². The summed E-state index contributed by atoms with van der Waals surface area (Å²) in [6.45, 7) is 3.22. The lowest BCUT2D eigenvalue weighted by atomic mass is 10.2. The molecule has 0 saturated heterocycles. The van der Waals surface area contributed by atoms with Gasteiger partial charge in [0.15, 0.2) is 11.5 Å². The van der Waals surface area contributed by atoms with Crippen LogP contribution in [0.1, 0.15) is 19.2 Å². The van der Waals surface area contributed by atoms with Crippen molar-refractivity contribution in [1.82, 2.24) is 25.1 Å². The summed E-state index contributed by atoms with van der Waals surface area (Å²) in [7, 11) is 1.90. The molecular formula is C12H18N6O. The minimum absolute atomic E-state index is 0.139. The maximum Gasteiger partial charge on any atom is 0.178 e. The van der Waals surface area contributed by atoms with Crippen molar-refractivity contribution in [2.75, 3.05) is 25.5 Å². The van der Waals surface area contributed by atoms with Gasteiger partial charge in [-0.1, -0.05) is 0 Å². The van der Waals surface area contributed by atoms with Gasteiger partial charge in [-0.2, -0.15) is 4.52 Å². The van der Waals surface area contributed by atoms with Crippen LogP contribution >= 0.6 is 0 Å². The van der Waals surface area contributed by atoms with Crippen LogP contribution in [0.4, 0.5) is 5.82 Å². The zero-order chi connectivity index (χ0) is 13.7. The number of hydrogen-bond acceptors (Lipinski definition) is 6. The van der Waals surface area contributed by atoms with Crippen LogP contribution in [0.25, 0.3) is 5.65 Å². The molecule has 2 aromatic heterocycles. The topological polar surface area (TPSA) is 84.2 Å². The van der Waals surface area contributed by atoms with E-state index in [4.69, 9.17) is 0 Å². The van der Waals surface area contributed by atoms with Gasteiger partial charge >= 0.3 is 0 Å². The first-order valence-corrected chi connectivity index (χ1v) is 6.30. The molecule has 2 rings (SSSR count). The Bertz CT molecular complexity index is 564. The van der Waals surface area contributed by atoms with Gasteiger partial charge < -0.3 is 15.4 Å². The van der Waals surface area contributed by atoms with E-state index in [0.717, 1.165) is 18.9 Å². The van der Waals surface area contributed by atoms with Crippen molar-refractivity contribution in [3.63, 3.8) is 0 Å². The predicted octanol–water partition coefficient (Wildman–Crippen LogP) is 0.277. The van der Waals surface area contributed by atoms with E-state index in [2.05, 4.69) is 25.9 Å². The second-order valence-electron chi connectivity index (χ2n) is 4.34. The molecule has 0 radical (unpaired) electrons. The van der Waals surface area contributed by atoms with Crippen LogP contribution in [0.15, 0.2) is 12.1 Å². The standard InChI is InChI=1S/C12H18N6O/c1-9(19)3-5-11-15-16-12-6-4-10(17-18(11)12)14-8-7-13-2/h4,6,13H,3,5,7-8H2,1-2H3,(H,14,17). The second kappa shape index (κ2) is 6.24. The van der Waals surface area contributed by atoms with E-state index >= 15 is 0 Å². The monoisotopic (exact) mass is 262 g/mol. The highest BCUT2D eigenvalue weighted by molar-refractivity contribution is 5.75. The molecule has 0 atom stereocenters. The Kier molecular flexibility index (Phi) is 4.40. The molecule has 19 heavy (non-hydrogen) atoms. The number of rotatable bonds is 7. The zero-order valence-electron chi connectivity index (χ0n) is 11.2. The number of aromatic nitrogens is 4. The number of Topliss-reactive ketones (excluding diaryl/α,β-unsaturated/α-hetero) is 1. The molecule has 0 aromatic carbocycles. The molecular weight excluding hydrogens is 244 g/mol. The number of likely N-dealkylation sites (N-methyl/N-ethyl adjacent to an activating group) is 1. The van der Waals surface area contributed by atoms with E-state index in [0.29, 0.717) is 24.3 Å². The molecule has 0 spiro atoms. The van der Waals surface area contributed by atoms with Gasteiger partial charge in [-0.3, -0.25) is 0 Å². The third-order valence-corrected chi connectivity index (χ3v) is 2.71. The number of carbonyl (C=O) groups excluding carboxylic acids is 1. The molecule has 0 amide bonds. The quantitative estimate of drug-likeness (QED) is 0.697. The summed E-state index contributed by atoms with van der Waals surface area (Å²) in [5, 5.41) is 18.8. The number of fused-ring (bicyclic) bond motifs is 1. The molecule has 102 valence electrons. The van der Waals surface area contributed by atoms with Gasteiger partial charge in [-0.25, -0.2) is 0 Å². The number of carbonyl (C=O) groups is 1. The minimum Gasteiger partial charge on any atom is -0.367 e. The molecule has 7 heteroatoms. The largest absolute Gasteiger partial charge is 0.367 e. The van der Waals surface area contributed by atoms with E-state index < -0.39 is 0 Å². The summed E-state index contributed by atoms with van der Waals surface area (Å²) in [5.41, 5.74) is 0.692. The van der Waals surface area contributed by atoms with Gasteiger partial charge in [-0.05, 0) is 26.1 Å². The third kappa shape index (κ3) is 3.47. The van der Waals surface area contributed by atoms with Crippen molar-refractivity contribution in [3.8, 4) is 0 Å². The van der Waals surface area contributed by atoms with E-state index in [-0.39, 0.29) is 5.78 Å². The van der Waals surface area contributed by atoms with Gasteiger partial charge in [0.25, 0.3) is 0 Å². The molecule has 0 fully saturated rings. The average molecular weight is 262 g/mol. The lowest BCUT2D eigenvalue weighted by Gasteiger charge is -2.05. The Morgan fingerprint density at radius 3 is 2.89 bits per heavy atom. The normalized spacial score (nSPS) is 10.8. The predicted molar refractivity (Wildman–Crippen MR) is 72.2 cm³/mol. The Morgan fingerprint density at radius 1 is 1.32 bits per heavy atom. The molecule has 0 aliphatic heterocycles. The molecule has 2 N–H and O–H groups in total. The minimum atomic E-state index is 0.139. The maximum atomic E-state index is 11.0. The SMILES string of the molecule is CNCCNc1ccc2nnc(CCC(C)=O)n2n1. The fourth-order valence-electron chi connectivity index (χ4n) is 1.69. The lowest BCUT2D eigenvalue weighted by molar-refractivity contribution is -0.117. The van der Waals surface area contributed by atoms with E-state index in [1.807, 2.05) is 19.2 Å². The number of nitrogens with one attached hydrogen (secondary N) is 2. The van der Waals surface area contributed by atoms with Gasteiger partial charge in [0.05, 0.1) is 0 Å². The molecule has 0 aliphatic carbocycles. The van der Waals surface area contributed by atoms with Crippen molar-refractivity contribution in [2.24, 2.45) is 0 Å². The van der Waals surface area contributed by atoms with Crippen LogP contribution < -0.4 is 10.6 Å². The first kappa shape index (κ1) is 13.4. The van der Waals surface area contributed by atoms with Crippen molar-refractivity contribution in [2.45, 2.75) is 19.8 Å². The van der Waals surface area contributed by atoms with Crippen molar-refractivity contribution in [1.29, 1.82) is 0 Å². The van der Waals surface area contributed by atoms with E-state index in [9.17, 15) is 4.79 Å². The summed E-state index contributed by atoms with van der Waals surface area (Å²) in [5.74, 6) is 1.62. The number of nitrogens with zero attached hydrogens (tertiary/aromatic N) is 4. The lowest BCUT2D eigenvalue weighted by Crippen LogP contribution is -2.18. The maximum absolute atomic E-state index is 11.0. The van der Waals surface area contributed by atoms with Crippen LogP contribution in [-0.4, -0.2) is 45.7 Å². The smallest absolute Gasteiger partial charge is 0.178 e. The highest BCUT2D eigenvalue weighted by Gasteiger charge is 2.08.